The second-order valence-electron chi connectivity index (χ2n) is 7.06. The van der Waals surface area contributed by atoms with Gasteiger partial charge in [-0.2, -0.15) is 5.10 Å². The summed E-state index contributed by atoms with van der Waals surface area (Å²) >= 11 is 0. The van der Waals surface area contributed by atoms with Gasteiger partial charge in [0.05, 0.1) is 25.4 Å². The second kappa shape index (κ2) is 12.0. The third kappa shape index (κ3) is 6.60. The number of halogens is 1. The van der Waals surface area contributed by atoms with Crippen LogP contribution in [0.15, 0.2) is 41.5 Å². The number of aryl methyl sites for hydroxylation is 1. The van der Waals surface area contributed by atoms with E-state index < -0.39 is 0 Å². The normalized spacial score (nSPS) is 15.6. The third-order valence-electron chi connectivity index (χ3n) is 5.19. The first-order chi connectivity index (χ1) is 13.7. The quantitative estimate of drug-likeness (QED) is 0.324. The minimum Gasteiger partial charge on any atom is -0.497 e. The van der Waals surface area contributed by atoms with Crippen LogP contribution in [0.1, 0.15) is 37.1 Å². The summed E-state index contributed by atoms with van der Waals surface area (Å²) in [6.45, 7) is 6.56. The van der Waals surface area contributed by atoms with Crippen molar-refractivity contribution in [3.8, 4) is 5.75 Å². The van der Waals surface area contributed by atoms with Crippen LogP contribution in [0, 0.1) is 0 Å². The number of hydrogen-bond acceptors (Lipinski definition) is 4. The zero-order valence-corrected chi connectivity index (χ0v) is 19.9. The van der Waals surface area contributed by atoms with E-state index in [2.05, 4.69) is 45.8 Å². The topological polar surface area (TPSA) is 66.7 Å². The molecular formula is C21H33IN6O. The van der Waals surface area contributed by atoms with Crippen LogP contribution in [0.2, 0.25) is 0 Å². The van der Waals surface area contributed by atoms with Gasteiger partial charge in [-0.3, -0.25) is 9.58 Å². The smallest absolute Gasteiger partial charge is 0.191 e. The Bertz CT molecular complexity index is 772. The lowest BCUT2D eigenvalue weighted by molar-refractivity contribution is 0.245. The summed E-state index contributed by atoms with van der Waals surface area (Å²) in [6, 6.07) is 10.7. The first-order valence-corrected chi connectivity index (χ1v) is 10.1. The van der Waals surface area contributed by atoms with Crippen LogP contribution in [0.25, 0.3) is 0 Å². The lowest BCUT2D eigenvalue weighted by atomic mass is 10.1. The molecule has 7 nitrogen and oxygen atoms in total. The molecule has 2 N–H and O–H groups in total. The van der Waals surface area contributed by atoms with Gasteiger partial charge in [0, 0.05) is 26.3 Å². The Kier molecular flexibility index (Phi) is 9.72. The first-order valence-electron chi connectivity index (χ1n) is 10.1. The maximum absolute atomic E-state index is 5.44. The van der Waals surface area contributed by atoms with Crippen molar-refractivity contribution in [2.75, 3.05) is 33.3 Å². The van der Waals surface area contributed by atoms with Gasteiger partial charge in [-0.1, -0.05) is 12.1 Å². The fraction of sp³-hybridized carbons (Fsp3) is 0.524. The van der Waals surface area contributed by atoms with Gasteiger partial charge in [0.1, 0.15) is 5.75 Å². The predicted octanol–water partition coefficient (Wildman–Crippen LogP) is 2.94. The number of benzene rings is 1. The number of hydrogen-bond donors (Lipinski definition) is 2. The summed E-state index contributed by atoms with van der Waals surface area (Å²) in [7, 11) is 3.66. The summed E-state index contributed by atoms with van der Waals surface area (Å²) in [6.07, 6.45) is 4.32. The van der Waals surface area contributed by atoms with E-state index in [9.17, 15) is 0 Å². The Morgan fingerprint density at radius 2 is 2.03 bits per heavy atom. The monoisotopic (exact) mass is 512 g/mol. The van der Waals surface area contributed by atoms with Crippen molar-refractivity contribution in [2.24, 2.45) is 12.0 Å². The van der Waals surface area contributed by atoms with Crippen molar-refractivity contribution in [1.29, 1.82) is 0 Å². The molecule has 1 aliphatic heterocycles. The van der Waals surface area contributed by atoms with E-state index in [4.69, 9.17) is 9.73 Å². The molecule has 1 saturated heterocycles. The molecule has 0 spiro atoms. The van der Waals surface area contributed by atoms with Gasteiger partial charge in [0.15, 0.2) is 5.96 Å². The predicted molar refractivity (Wildman–Crippen MR) is 128 cm³/mol. The molecule has 1 aromatic carbocycles. The molecule has 0 bridgehead atoms. The van der Waals surface area contributed by atoms with E-state index in [1.165, 1.54) is 18.4 Å². The van der Waals surface area contributed by atoms with Crippen molar-refractivity contribution >= 4 is 29.9 Å². The van der Waals surface area contributed by atoms with E-state index in [1.807, 2.05) is 23.9 Å². The number of rotatable bonds is 8. The van der Waals surface area contributed by atoms with E-state index in [1.54, 1.807) is 13.3 Å². The molecule has 160 valence electrons. The van der Waals surface area contributed by atoms with Crippen molar-refractivity contribution < 1.29 is 4.74 Å². The maximum Gasteiger partial charge on any atom is 0.191 e. The van der Waals surface area contributed by atoms with Crippen LogP contribution in [-0.4, -0.2) is 53.9 Å². The lowest BCUT2D eigenvalue weighted by Gasteiger charge is -2.29. The summed E-state index contributed by atoms with van der Waals surface area (Å²) < 4.78 is 7.30. The number of aliphatic imine (C=N–C) groups is 1. The van der Waals surface area contributed by atoms with Gasteiger partial charge >= 0.3 is 0 Å². The highest BCUT2D eigenvalue weighted by Gasteiger charge is 2.24. The molecule has 0 amide bonds. The fourth-order valence-corrected chi connectivity index (χ4v) is 3.61. The van der Waals surface area contributed by atoms with Gasteiger partial charge in [0.2, 0.25) is 0 Å². The van der Waals surface area contributed by atoms with Crippen LogP contribution in [0.4, 0.5) is 0 Å². The molecule has 8 heteroatoms. The van der Waals surface area contributed by atoms with Crippen LogP contribution < -0.4 is 15.4 Å². The standard InChI is InChI=1S/C21H32N6O.HI/c1-4-22-21(23-15-18-10-11-25-26(18)2)24-16-20(27-12-5-6-13-27)17-8-7-9-19(14-17)28-3;/h7-11,14,20H,4-6,12-13,15-16H2,1-3H3,(H2,22,23,24);1H. The molecule has 0 radical (unpaired) electrons. The summed E-state index contributed by atoms with van der Waals surface area (Å²) in [5, 5.41) is 11.1. The Morgan fingerprint density at radius 1 is 1.24 bits per heavy atom. The molecule has 0 aliphatic carbocycles. The molecule has 2 heterocycles. The average Bonchev–Trinajstić information content (AvgIpc) is 3.38. The van der Waals surface area contributed by atoms with Gasteiger partial charge in [-0.25, -0.2) is 4.99 Å². The molecule has 0 saturated carbocycles. The fourth-order valence-electron chi connectivity index (χ4n) is 3.61. The van der Waals surface area contributed by atoms with E-state index in [-0.39, 0.29) is 30.0 Å². The summed E-state index contributed by atoms with van der Waals surface area (Å²) in [4.78, 5) is 7.28. The van der Waals surface area contributed by atoms with E-state index >= 15 is 0 Å². The molecule has 1 fully saturated rings. The van der Waals surface area contributed by atoms with Crippen molar-refractivity contribution in [3.05, 3.63) is 47.8 Å². The summed E-state index contributed by atoms with van der Waals surface area (Å²) in [5.74, 6) is 1.73. The Morgan fingerprint density at radius 3 is 2.69 bits per heavy atom. The van der Waals surface area contributed by atoms with Gasteiger partial charge in [0.25, 0.3) is 0 Å². The second-order valence-corrected chi connectivity index (χ2v) is 7.06. The Hall–Kier alpha value is -1.81. The molecule has 3 rings (SSSR count). The number of nitrogens with one attached hydrogen (secondary N) is 2. The Labute approximate surface area is 190 Å². The van der Waals surface area contributed by atoms with Crippen LogP contribution >= 0.6 is 24.0 Å². The number of nitrogens with zero attached hydrogens (tertiary/aromatic N) is 4. The number of likely N-dealkylation sites (tertiary alicyclic amines) is 1. The number of methoxy groups -OCH3 is 1. The van der Waals surface area contributed by atoms with E-state index in [0.717, 1.165) is 43.6 Å². The zero-order chi connectivity index (χ0) is 19.8. The van der Waals surface area contributed by atoms with Crippen LogP contribution in [0.5, 0.6) is 5.75 Å². The number of guanidine groups is 1. The first kappa shape index (κ1) is 23.5. The SMILES string of the molecule is CCNC(=NCc1ccnn1C)NCC(c1cccc(OC)c1)N1CCCC1.I. The molecule has 1 aromatic heterocycles. The molecule has 2 aromatic rings. The van der Waals surface area contributed by atoms with Gasteiger partial charge < -0.3 is 15.4 Å². The van der Waals surface area contributed by atoms with Crippen molar-refractivity contribution in [3.63, 3.8) is 0 Å². The molecule has 1 atom stereocenters. The average molecular weight is 512 g/mol. The van der Waals surface area contributed by atoms with Crippen molar-refractivity contribution in [1.82, 2.24) is 25.3 Å². The highest BCUT2D eigenvalue weighted by atomic mass is 127. The highest BCUT2D eigenvalue weighted by molar-refractivity contribution is 14.0. The maximum atomic E-state index is 5.44. The molecule has 1 aliphatic rings. The number of ether oxygens (including phenoxy) is 1. The van der Waals surface area contributed by atoms with Crippen molar-refractivity contribution in [2.45, 2.75) is 32.4 Å². The van der Waals surface area contributed by atoms with E-state index in [0.29, 0.717) is 6.54 Å². The Balaban J connectivity index is 0.00000300. The minimum absolute atomic E-state index is 0. The van der Waals surface area contributed by atoms with Gasteiger partial charge in [-0.15, -0.1) is 24.0 Å². The highest BCUT2D eigenvalue weighted by Crippen LogP contribution is 2.27. The zero-order valence-electron chi connectivity index (χ0n) is 17.6. The summed E-state index contributed by atoms with van der Waals surface area (Å²) in [5.41, 5.74) is 2.36. The van der Waals surface area contributed by atoms with Crippen LogP contribution in [0.3, 0.4) is 0 Å². The molecule has 1 unspecified atom stereocenters. The lowest BCUT2D eigenvalue weighted by Crippen LogP contribution is -2.42. The minimum atomic E-state index is 0. The molecular weight excluding hydrogens is 479 g/mol. The van der Waals surface area contributed by atoms with Gasteiger partial charge in [-0.05, 0) is 56.6 Å². The number of aromatic nitrogens is 2. The van der Waals surface area contributed by atoms with Crippen LogP contribution in [-0.2, 0) is 13.6 Å². The molecule has 29 heavy (non-hydrogen) atoms. The third-order valence-corrected chi connectivity index (χ3v) is 5.19. The largest absolute Gasteiger partial charge is 0.497 e.